The summed E-state index contributed by atoms with van der Waals surface area (Å²) < 4.78 is 1.15. The second kappa shape index (κ2) is 3.82. The molecule has 0 unspecified atom stereocenters. The summed E-state index contributed by atoms with van der Waals surface area (Å²) in [5.74, 6) is -0.289. The third-order valence-electron chi connectivity index (χ3n) is 1.56. The van der Waals surface area contributed by atoms with Gasteiger partial charge in [-0.05, 0) is 0 Å². The van der Waals surface area contributed by atoms with Crippen LogP contribution in [-0.2, 0) is 11.8 Å². The summed E-state index contributed by atoms with van der Waals surface area (Å²) in [6.45, 7) is 1.29. The van der Waals surface area contributed by atoms with Crippen LogP contribution in [0.3, 0.4) is 0 Å². The van der Waals surface area contributed by atoms with Crippen LogP contribution in [0.4, 0.5) is 5.95 Å². The lowest BCUT2D eigenvalue weighted by molar-refractivity contribution is -0.114. The molecule has 1 aromatic heterocycles. The number of nitrogens with one attached hydrogen (secondary N) is 1. The first-order valence-electron chi connectivity index (χ1n) is 3.85. The van der Waals surface area contributed by atoms with Crippen molar-refractivity contribution < 1.29 is 9.59 Å². The molecule has 74 valence electrons. The number of aldehydes is 1. The van der Waals surface area contributed by atoms with Gasteiger partial charge < -0.3 is 0 Å². The Balaban J connectivity index is 3.27. The Morgan fingerprint density at radius 1 is 1.64 bits per heavy atom. The van der Waals surface area contributed by atoms with Gasteiger partial charge in [-0.2, -0.15) is 0 Å². The Kier molecular flexibility index (Phi) is 2.76. The molecule has 1 N–H and O–H groups in total. The molecule has 0 saturated carbocycles. The Morgan fingerprint density at radius 3 is 2.79 bits per heavy atom. The van der Waals surface area contributed by atoms with Crippen LogP contribution in [-0.4, -0.2) is 21.7 Å². The van der Waals surface area contributed by atoms with E-state index in [1.165, 1.54) is 14.0 Å². The van der Waals surface area contributed by atoms with Crippen LogP contribution < -0.4 is 10.9 Å². The summed E-state index contributed by atoms with van der Waals surface area (Å²) in [5, 5.41) is 2.34. The lowest BCUT2D eigenvalue weighted by atomic mass is 10.4. The molecular weight excluding hydrogens is 186 g/mol. The molecule has 1 aromatic rings. The van der Waals surface area contributed by atoms with Gasteiger partial charge in [-0.3, -0.25) is 24.3 Å². The summed E-state index contributed by atoms with van der Waals surface area (Å²) >= 11 is 0. The van der Waals surface area contributed by atoms with E-state index in [4.69, 9.17) is 0 Å². The van der Waals surface area contributed by atoms with Crippen LogP contribution in [0.15, 0.2) is 10.9 Å². The van der Waals surface area contributed by atoms with E-state index in [1.54, 1.807) is 0 Å². The molecule has 6 heteroatoms. The zero-order valence-electron chi connectivity index (χ0n) is 7.77. The van der Waals surface area contributed by atoms with Crippen molar-refractivity contribution >= 4 is 18.1 Å². The summed E-state index contributed by atoms with van der Waals surface area (Å²) in [6.07, 6.45) is 0.451. The second-order valence-electron chi connectivity index (χ2n) is 2.70. The fourth-order valence-corrected chi connectivity index (χ4v) is 0.887. The molecule has 1 heterocycles. The van der Waals surface area contributed by atoms with Crippen molar-refractivity contribution in [2.45, 2.75) is 6.92 Å². The van der Waals surface area contributed by atoms with Gasteiger partial charge in [-0.25, -0.2) is 4.98 Å². The highest BCUT2D eigenvalue weighted by atomic mass is 16.2. The Morgan fingerprint density at radius 2 is 2.29 bits per heavy atom. The number of nitrogens with zero attached hydrogens (tertiary/aromatic N) is 2. The molecule has 0 radical (unpaired) electrons. The molecule has 0 aliphatic heterocycles. The topological polar surface area (TPSA) is 81.1 Å². The largest absolute Gasteiger partial charge is 0.296 e. The third kappa shape index (κ3) is 2.03. The van der Waals surface area contributed by atoms with Crippen molar-refractivity contribution in [1.82, 2.24) is 9.55 Å². The molecule has 0 bridgehead atoms. The molecule has 0 spiro atoms. The van der Waals surface area contributed by atoms with Gasteiger partial charge in [-0.1, -0.05) is 0 Å². The number of hydrogen-bond donors (Lipinski definition) is 1. The zero-order chi connectivity index (χ0) is 10.7. The van der Waals surface area contributed by atoms with Crippen molar-refractivity contribution in [1.29, 1.82) is 0 Å². The smallest absolute Gasteiger partial charge is 0.255 e. The molecule has 0 atom stereocenters. The van der Waals surface area contributed by atoms with Crippen LogP contribution in [0, 0.1) is 0 Å². The highest BCUT2D eigenvalue weighted by molar-refractivity contribution is 5.87. The molecular formula is C8H9N3O3. The number of carbonyl (C=O) groups excluding carboxylic acids is 2. The number of anilines is 1. The van der Waals surface area contributed by atoms with E-state index in [2.05, 4.69) is 10.3 Å². The highest BCUT2D eigenvalue weighted by Crippen LogP contribution is 1.98. The van der Waals surface area contributed by atoms with Crippen molar-refractivity contribution in [2.24, 2.45) is 7.05 Å². The van der Waals surface area contributed by atoms with E-state index >= 15 is 0 Å². The predicted molar refractivity (Wildman–Crippen MR) is 49.2 cm³/mol. The van der Waals surface area contributed by atoms with Gasteiger partial charge in [0.25, 0.3) is 5.56 Å². The monoisotopic (exact) mass is 195 g/mol. The third-order valence-corrected chi connectivity index (χ3v) is 1.56. The van der Waals surface area contributed by atoms with Crippen molar-refractivity contribution in [3.8, 4) is 0 Å². The van der Waals surface area contributed by atoms with E-state index in [9.17, 15) is 14.4 Å². The lowest BCUT2D eigenvalue weighted by Crippen LogP contribution is -2.24. The molecule has 1 rings (SSSR count). The molecule has 1 amide bonds. The number of amides is 1. The maximum atomic E-state index is 11.2. The summed E-state index contributed by atoms with van der Waals surface area (Å²) in [4.78, 5) is 36.1. The molecule has 0 saturated heterocycles. The fourth-order valence-electron chi connectivity index (χ4n) is 0.887. The van der Waals surface area contributed by atoms with Crippen LogP contribution in [0.25, 0.3) is 0 Å². The number of hydrogen-bond acceptors (Lipinski definition) is 4. The van der Waals surface area contributed by atoms with Gasteiger partial charge in [0.2, 0.25) is 11.9 Å². The number of carbonyl (C=O) groups is 2. The summed E-state index contributed by atoms with van der Waals surface area (Å²) in [7, 11) is 1.45. The number of rotatable bonds is 2. The maximum absolute atomic E-state index is 11.2. The van der Waals surface area contributed by atoms with E-state index in [1.807, 2.05) is 0 Å². The van der Waals surface area contributed by atoms with Crippen LogP contribution in [0.1, 0.15) is 17.4 Å². The minimum Gasteiger partial charge on any atom is -0.296 e. The predicted octanol–water partition coefficient (Wildman–Crippen LogP) is -0.449. The molecule has 14 heavy (non-hydrogen) atoms. The quantitative estimate of drug-likeness (QED) is 0.648. The fraction of sp³-hybridized carbons (Fsp3) is 0.250. The van der Waals surface area contributed by atoms with Gasteiger partial charge in [0.05, 0.1) is 0 Å². The Hall–Kier alpha value is -1.98. The SMILES string of the molecule is CC(=O)Nc1nc(C=O)cc(=O)n1C. The highest BCUT2D eigenvalue weighted by Gasteiger charge is 2.05. The van der Waals surface area contributed by atoms with Gasteiger partial charge in [-0.15, -0.1) is 0 Å². The zero-order valence-corrected chi connectivity index (χ0v) is 7.77. The van der Waals surface area contributed by atoms with Crippen molar-refractivity contribution in [3.63, 3.8) is 0 Å². The van der Waals surface area contributed by atoms with E-state index in [0.717, 1.165) is 10.6 Å². The standard InChI is InChI=1S/C8H9N3O3/c1-5(13)9-8-10-6(4-12)3-7(14)11(8)2/h3-4H,1-2H3,(H,9,10,13). The van der Waals surface area contributed by atoms with Crippen LogP contribution in [0.2, 0.25) is 0 Å². The summed E-state index contributed by atoms with van der Waals surface area (Å²) in [5.41, 5.74) is -0.400. The minimum atomic E-state index is -0.397. The molecule has 0 aromatic carbocycles. The van der Waals surface area contributed by atoms with Gasteiger partial charge in [0.1, 0.15) is 5.69 Å². The average Bonchev–Trinajstić information content (AvgIpc) is 2.11. The first-order valence-corrected chi connectivity index (χ1v) is 3.85. The first kappa shape index (κ1) is 10.1. The Bertz CT molecular complexity index is 436. The second-order valence-corrected chi connectivity index (χ2v) is 2.70. The van der Waals surface area contributed by atoms with Crippen molar-refractivity contribution in [2.75, 3.05) is 5.32 Å². The lowest BCUT2D eigenvalue weighted by Gasteiger charge is -2.06. The molecule has 6 nitrogen and oxygen atoms in total. The molecule has 0 aliphatic rings. The van der Waals surface area contributed by atoms with E-state index < -0.39 is 5.56 Å². The maximum Gasteiger partial charge on any atom is 0.255 e. The minimum absolute atomic E-state index is 0.00292. The molecule has 0 fully saturated rings. The van der Waals surface area contributed by atoms with Gasteiger partial charge in [0, 0.05) is 20.0 Å². The van der Waals surface area contributed by atoms with E-state index in [0.29, 0.717) is 6.29 Å². The Labute approximate surface area is 79.6 Å². The van der Waals surface area contributed by atoms with E-state index in [-0.39, 0.29) is 17.5 Å². The van der Waals surface area contributed by atoms with Gasteiger partial charge >= 0.3 is 0 Å². The summed E-state index contributed by atoms with van der Waals surface area (Å²) in [6, 6.07) is 1.10. The van der Waals surface area contributed by atoms with Crippen LogP contribution >= 0.6 is 0 Å². The average molecular weight is 195 g/mol. The van der Waals surface area contributed by atoms with Gasteiger partial charge in [0.15, 0.2) is 6.29 Å². The first-order chi connectivity index (χ1) is 6.54. The molecule has 0 aliphatic carbocycles. The van der Waals surface area contributed by atoms with Crippen LogP contribution in [0.5, 0.6) is 0 Å². The number of aromatic nitrogens is 2. The normalized spacial score (nSPS) is 9.57. The van der Waals surface area contributed by atoms with Crippen molar-refractivity contribution in [3.05, 3.63) is 22.1 Å².